The van der Waals surface area contributed by atoms with Crippen molar-refractivity contribution in [1.82, 2.24) is 10.2 Å². The summed E-state index contributed by atoms with van der Waals surface area (Å²) in [7, 11) is 1.69. The van der Waals surface area contributed by atoms with Crippen LogP contribution < -0.4 is 5.32 Å². The fourth-order valence-corrected chi connectivity index (χ4v) is 2.75. The molecule has 0 saturated carbocycles. The Kier molecular flexibility index (Phi) is 5.56. The summed E-state index contributed by atoms with van der Waals surface area (Å²) < 4.78 is 5.25. The Hall–Kier alpha value is -1.39. The van der Waals surface area contributed by atoms with Gasteiger partial charge in [-0.05, 0) is 18.4 Å². The van der Waals surface area contributed by atoms with Crippen molar-refractivity contribution >= 4 is 5.91 Å². The first-order valence-electron chi connectivity index (χ1n) is 7.33. The third-order valence-corrected chi connectivity index (χ3v) is 3.79. The zero-order valence-corrected chi connectivity index (χ0v) is 12.3. The molecule has 2 rings (SSSR count). The Morgan fingerprint density at radius 2 is 2.15 bits per heavy atom. The van der Waals surface area contributed by atoms with Crippen LogP contribution in [-0.2, 0) is 16.0 Å². The maximum absolute atomic E-state index is 12.5. The predicted molar refractivity (Wildman–Crippen MR) is 79.4 cm³/mol. The van der Waals surface area contributed by atoms with Crippen LogP contribution in [0.1, 0.15) is 25.3 Å². The van der Waals surface area contributed by atoms with Crippen LogP contribution in [0, 0.1) is 0 Å². The lowest BCUT2D eigenvalue weighted by Gasteiger charge is -2.26. The van der Waals surface area contributed by atoms with E-state index < -0.39 is 0 Å². The lowest BCUT2D eigenvalue weighted by molar-refractivity contribution is -0.132. The van der Waals surface area contributed by atoms with Gasteiger partial charge in [0.25, 0.3) is 0 Å². The van der Waals surface area contributed by atoms with Crippen molar-refractivity contribution in [2.45, 2.75) is 38.3 Å². The van der Waals surface area contributed by atoms with Gasteiger partial charge < -0.3 is 9.64 Å². The maximum atomic E-state index is 12.5. The molecule has 4 nitrogen and oxygen atoms in total. The molecule has 0 spiro atoms. The molecule has 2 unspecified atom stereocenters. The van der Waals surface area contributed by atoms with Crippen molar-refractivity contribution in [3.8, 4) is 0 Å². The monoisotopic (exact) mass is 276 g/mol. The van der Waals surface area contributed by atoms with E-state index in [9.17, 15) is 4.79 Å². The highest BCUT2D eigenvalue weighted by Gasteiger charge is 2.34. The van der Waals surface area contributed by atoms with Crippen molar-refractivity contribution in [2.75, 3.05) is 20.4 Å². The van der Waals surface area contributed by atoms with Gasteiger partial charge in [0.2, 0.25) is 5.91 Å². The average molecular weight is 276 g/mol. The van der Waals surface area contributed by atoms with Crippen molar-refractivity contribution < 1.29 is 9.53 Å². The first-order valence-corrected chi connectivity index (χ1v) is 7.33. The van der Waals surface area contributed by atoms with Crippen molar-refractivity contribution in [3.63, 3.8) is 0 Å². The van der Waals surface area contributed by atoms with Gasteiger partial charge in [-0.25, -0.2) is 0 Å². The molecule has 1 amide bonds. The zero-order valence-electron chi connectivity index (χ0n) is 12.3. The molecule has 1 aromatic carbocycles. The highest BCUT2D eigenvalue weighted by atomic mass is 16.5. The van der Waals surface area contributed by atoms with Crippen LogP contribution in [0.4, 0.5) is 0 Å². The Morgan fingerprint density at radius 1 is 1.40 bits per heavy atom. The Labute approximate surface area is 121 Å². The van der Waals surface area contributed by atoms with E-state index in [1.165, 1.54) is 5.56 Å². The summed E-state index contributed by atoms with van der Waals surface area (Å²) in [6.07, 6.45) is 2.79. The number of nitrogens with one attached hydrogen (secondary N) is 1. The maximum Gasteiger partial charge on any atom is 0.241 e. The summed E-state index contributed by atoms with van der Waals surface area (Å²) in [4.78, 5) is 14.4. The molecule has 1 aromatic rings. The molecule has 2 atom stereocenters. The molecule has 4 heteroatoms. The average Bonchev–Trinajstić information content (AvgIpc) is 2.81. The minimum atomic E-state index is -0.103. The van der Waals surface area contributed by atoms with Crippen LogP contribution in [0.25, 0.3) is 0 Å². The van der Waals surface area contributed by atoms with Crippen LogP contribution in [0.5, 0.6) is 0 Å². The highest BCUT2D eigenvalue weighted by molar-refractivity contribution is 5.84. The van der Waals surface area contributed by atoms with Gasteiger partial charge in [-0.1, -0.05) is 43.7 Å². The van der Waals surface area contributed by atoms with E-state index in [0.717, 1.165) is 19.3 Å². The quantitative estimate of drug-likeness (QED) is 0.825. The molecule has 110 valence electrons. The third kappa shape index (κ3) is 3.58. The van der Waals surface area contributed by atoms with Crippen LogP contribution >= 0.6 is 0 Å². The third-order valence-electron chi connectivity index (χ3n) is 3.79. The second-order valence-electron chi connectivity index (χ2n) is 5.31. The number of methoxy groups -OCH3 is 1. The molecule has 20 heavy (non-hydrogen) atoms. The summed E-state index contributed by atoms with van der Waals surface area (Å²) in [6.45, 7) is 3.38. The van der Waals surface area contributed by atoms with Gasteiger partial charge in [-0.2, -0.15) is 0 Å². The van der Waals surface area contributed by atoms with E-state index >= 15 is 0 Å². The highest BCUT2D eigenvalue weighted by Crippen LogP contribution is 2.16. The largest absolute Gasteiger partial charge is 0.383 e. The number of hydrogen-bond acceptors (Lipinski definition) is 3. The summed E-state index contributed by atoms with van der Waals surface area (Å²) in [6, 6.07) is 10.2. The fourth-order valence-electron chi connectivity index (χ4n) is 2.75. The molecule has 0 bridgehead atoms. The van der Waals surface area contributed by atoms with Crippen molar-refractivity contribution in [2.24, 2.45) is 0 Å². The van der Waals surface area contributed by atoms with E-state index in [2.05, 4.69) is 24.4 Å². The summed E-state index contributed by atoms with van der Waals surface area (Å²) in [5.41, 5.74) is 1.19. The molecule has 1 saturated heterocycles. The minimum absolute atomic E-state index is 0.103. The Balaban J connectivity index is 1.97. The van der Waals surface area contributed by atoms with Crippen LogP contribution in [0.3, 0.4) is 0 Å². The lowest BCUT2D eigenvalue weighted by atomic mass is 10.1. The molecule has 0 aromatic heterocycles. The SMILES string of the molecule is CCCC(COC)N1CNC(Cc2ccccc2)C1=O. The number of nitrogens with zero attached hydrogens (tertiary/aromatic N) is 1. The van der Waals surface area contributed by atoms with Gasteiger partial charge >= 0.3 is 0 Å². The first kappa shape index (κ1) is 15.0. The molecule has 1 fully saturated rings. The number of rotatable bonds is 7. The Bertz CT molecular complexity index is 416. The number of ether oxygens (including phenoxy) is 1. The summed E-state index contributed by atoms with van der Waals surface area (Å²) in [5.74, 6) is 0.198. The minimum Gasteiger partial charge on any atom is -0.383 e. The molecule has 0 aliphatic carbocycles. The standard InChI is InChI=1S/C16H24N2O2/c1-3-7-14(11-20-2)18-12-17-15(16(18)19)10-13-8-5-4-6-9-13/h4-6,8-9,14-15,17H,3,7,10-12H2,1-2H3. The Morgan fingerprint density at radius 3 is 2.80 bits per heavy atom. The van der Waals surface area contributed by atoms with Crippen LogP contribution in [0.2, 0.25) is 0 Å². The van der Waals surface area contributed by atoms with Crippen molar-refractivity contribution in [3.05, 3.63) is 35.9 Å². The lowest BCUT2D eigenvalue weighted by Crippen LogP contribution is -2.41. The van der Waals surface area contributed by atoms with Gasteiger partial charge in [-0.3, -0.25) is 10.1 Å². The van der Waals surface area contributed by atoms with Gasteiger partial charge in [-0.15, -0.1) is 0 Å². The second kappa shape index (κ2) is 7.41. The smallest absolute Gasteiger partial charge is 0.241 e. The van der Waals surface area contributed by atoms with Crippen LogP contribution in [0.15, 0.2) is 30.3 Å². The van der Waals surface area contributed by atoms with E-state index in [0.29, 0.717) is 13.3 Å². The molecular formula is C16H24N2O2. The molecule has 1 aliphatic heterocycles. The molecule has 1 N–H and O–H groups in total. The fraction of sp³-hybridized carbons (Fsp3) is 0.562. The van der Waals surface area contributed by atoms with E-state index in [1.54, 1.807) is 7.11 Å². The van der Waals surface area contributed by atoms with Gasteiger partial charge in [0.05, 0.1) is 25.4 Å². The zero-order chi connectivity index (χ0) is 14.4. The number of carbonyl (C=O) groups is 1. The molecular weight excluding hydrogens is 252 g/mol. The molecule has 1 heterocycles. The van der Waals surface area contributed by atoms with Gasteiger partial charge in [0.15, 0.2) is 0 Å². The summed E-state index contributed by atoms with van der Waals surface area (Å²) >= 11 is 0. The van der Waals surface area contributed by atoms with E-state index in [-0.39, 0.29) is 18.0 Å². The second-order valence-corrected chi connectivity index (χ2v) is 5.31. The van der Waals surface area contributed by atoms with E-state index in [4.69, 9.17) is 4.74 Å². The van der Waals surface area contributed by atoms with Crippen molar-refractivity contribution in [1.29, 1.82) is 0 Å². The van der Waals surface area contributed by atoms with Crippen LogP contribution in [-0.4, -0.2) is 43.3 Å². The number of carbonyl (C=O) groups excluding carboxylic acids is 1. The predicted octanol–water partition coefficient (Wildman–Crippen LogP) is 1.80. The normalized spacial score (nSPS) is 20.4. The first-order chi connectivity index (χ1) is 9.76. The molecule has 1 aliphatic rings. The van der Waals surface area contributed by atoms with Gasteiger partial charge in [0, 0.05) is 7.11 Å². The number of benzene rings is 1. The van der Waals surface area contributed by atoms with Gasteiger partial charge in [0.1, 0.15) is 0 Å². The summed E-state index contributed by atoms with van der Waals surface area (Å²) in [5, 5.41) is 3.32. The number of hydrogen-bond donors (Lipinski definition) is 1. The molecule has 0 radical (unpaired) electrons. The number of amides is 1. The van der Waals surface area contributed by atoms with E-state index in [1.807, 2.05) is 23.1 Å². The topological polar surface area (TPSA) is 41.6 Å².